The molecule has 0 atom stereocenters. The fourth-order valence-electron chi connectivity index (χ4n) is 8.85. The minimum atomic E-state index is 0.863. The summed E-state index contributed by atoms with van der Waals surface area (Å²) in [6.07, 6.45) is 0. The highest BCUT2D eigenvalue weighted by Gasteiger charge is 2.26. The molecule has 262 valence electrons. The van der Waals surface area contributed by atoms with Crippen molar-refractivity contribution in [3.63, 3.8) is 0 Å². The van der Waals surface area contributed by atoms with E-state index in [0.29, 0.717) is 0 Å². The maximum absolute atomic E-state index is 6.49. The van der Waals surface area contributed by atoms with Crippen LogP contribution in [0.5, 0.6) is 11.5 Å². The van der Waals surface area contributed by atoms with Crippen molar-refractivity contribution in [1.29, 1.82) is 0 Å². The summed E-state index contributed by atoms with van der Waals surface area (Å²) in [6.45, 7) is 0. The van der Waals surface area contributed by atoms with Gasteiger partial charge < -0.3 is 18.6 Å². The van der Waals surface area contributed by atoms with Gasteiger partial charge in [-0.25, -0.2) is 0 Å². The molecule has 9 aromatic carbocycles. The van der Waals surface area contributed by atoms with Crippen LogP contribution in [0.15, 0.2) is 199 Å². The molecule has 0 N–H and O–H groups in total. The van der Waals surface area contributed by atoms with Gasteiger partial charge in [-0.15, -0.1) is 0 Å². The Morgan fingerprint density at radius 1 is 0.411 bits per heavy atom. The first-order valence-corrected chi connectivity index (χ1v) is 19.0. The number of nitrogens with zero attached hydrogens (tertiary/aromatic N) is 2. The fraction of sp³-hybridized carbons (Fsp3) is 0. The standard InChI is InChI=1S/C52H32N2O2/c1-2-12-39-33(10-1)11-9-15-40(39)34-20-24-36(25-21-34)53(38-28-29-43-42-13-4-7-18-47(42)55-50(43)32-38)37-26-22-35(23-27-37)41-30-31-49-52-51(41)44-14-3-5-16-45(44)54(52)46-17-6-8-19-48(46)56-49/h1-32H. The lowest BCUT2D eigenvalue weighted by molar-refractivity contribution is 0.476. The number of anilines is 3. The first-order chi connectivity index (χ1) is 27.8. The number of furan rings is 1. The lowest BCUT2D eigenvalue weighted by Crippen LogP contribution is -2.09. The highest BCUT2D eigenvalue weighted by atomic mass is 16.5. The van der Waals surface area contributed by atoms with Gasteiger partial charge in [-0.1, -0.05) is 115 Å². The van der Waals surface area contributed by atoms with E-state index >= 15 is 0 Å². The molecule has 3 heterocycles. The molecule has 0 saturated carbocycles. The largest absolute Gasteiger partial charge is 0.456 e. The molecule has 0 radical (unpaired) electrons. The highest BCUT2D eigenvalue weighted by molar-refractivity contribution is 6.18. The summed E-state index contributed by atoms with van der Waals surface area (Å²) in [6, 6.07) is 69.0. The monoisotopic (exact) mass is 716 g/mol. The lowest BCUT2D eigenvalue weighted by Gasteiger charge is -2.26. The normalized spacial score (nSPS) is 12.1. The van der Waals surface area contributed by atoms with Crippen LogP contribution >= 0.6 is 0 Å². The van der Waals surface area contributed by atoms with Gasteiger partial charge in [0.25, 0.3) is 0 Å². The molecule has 1 aliphatic heterocycles. The number of benzene rings is 9. The Morgan fingerprint density at radius 3 is 1.89 bits per heavy atom. The Balaban J connectivity index is 1.00. The van der Waals surface area contributed by atoms with E-state index in [9.17, 15) is 0 Å². The second-order valence-electron chi connectivity index (χ2n) is 14.5. The number of ether oxygens (including phenoxy) is 1. The third-order valence-corrected chi connectivity index (χ3v) is 11.4. The Labute approximate surface area is 322 Å². The van der Waals surface area contributed by atoms with E-state index in [4.69, 9.17) is 9.15 Å². The minimum absolute atomic E-state index is 0.863. The van der Waals surface area contributed by atoms with E-state index in [1.165, 1.54) is 43.8 Å². The molecule has 2 aromatic heterocycles. The Morgan fingerprint density at radius 2 is 1.05 bits per heavy atom. The van der Waals surface area contributed by atoms with Crippen molar-refractivity contribution in [3.05, 3.63) is 194 Å². The van der Waals surface area contributed by atoms with Crippen LogP contribution in [0.25, 0.3) is 82.5 Å². The van der Waals surface area contributed by atoms with Gasteiger partial charge in [-0.05, 0) is 106 Å². The number of rotatable bonds is 5. The summed E-state index contributed by atoms with van der Waals surface area (Å²) in [5.74, 6) is 1.74. The van der Waals surface area contributed by atoms with Crippen LogP contribution in [-0.2, 0) is 0 Å². The first-order valence-electron chi connectivity index (χ1n) is 19.0. The van der Waals surface area contributed by atoms with Crippen LogP contribution < -0.4 is 9.64 Å². The minimum Gasteiger partial charge on any atom is -0.456 e. The van der Waals surface area contributed by atoms with Crippen LogP contribution in [0.1, 0.15) is 0 Å². The predicted octanol–water partition coefficient (Wildman–Crippen LogP) is 14.7. The van der Waals surface area contributed by atoms with Gasteiger partial charge in [0.05, 0.1) is 16.7 Å². The van der Waals surface area contributed by atoms with Gasteiger partial charge in [0.1, 0.15) is 11.2 Å². The molecule has 0 saturated heterocycles. The summed E-state index contributed by atoms with van der Waals surface area (Å²) in [4.78, 5) is 2.32. The Hall–Kier alpha value is -7.56. The van der Waals surface area contributed by atoms with E-state index in [1.54, 1.807) is 0 Å². The van der Waals surface area contributed by atoms with Crippen LogP contribution in [-0.4, -0.2) is 4.57 Å². The molecule has 1 aliphatic rings. The van der Waals surface area contributed by atoms with Crippen molar-refractivity contribution in [2.75, 3.05) is 4.90 Å². The van der Waals surface area contributed by atoms with E-state index in [0.717, 1.165) is 67.3 Å². The van der Waals surface area contributed by atoms with Crippen molar-refractivity contribution in [3.8, 4) is 39.4 Å². The number of aromatic nitrogens is 1. The maximum atomic E-state index is 6.49. The van der Waals surface area contributed by atoms with Gasteiger partial charge in [0, 0.05) is 44.7 Å². The van der Waals surface area contributed by atoms with Gasteiger partial charge in [0.15, 0.2) is 11.5 Å². The molecule has 0 fully saturated rings. The number of para-hydroxylation sites is 4. The fourth-order valence-corrected chi connectivity index (χ4v) is 8.85. The van der Waals surface area contributed by atoms with Crippen molar-refractivity contribution in [2.45, 2.75) is 0 Å². The molecule has 11 aromatic rings. The molecule has 12 rings (SSSR count). The summed E-state index contributed by atoms with van der Waals surface area (Å²) in [7, 11) is 0. The quantitative estimate of drug-likeness (QED) is 0.178. The molecular formula is C52H32N2O2. The predicted molar refractivity (Wildman–Crippen MR) is 231 cm³/mol. The maximum Gasteiger partial charge on any atom is 0.152 e. The Bertz CT molecular complexity index is 3330. The molecule has 0 unspecified atom stereocenters. The third-order valence-electron chi connectivity index (χ3n) is 11.4. The van der Waals surface area contributed by atoms with Crippen LogP contribution in [0.4, 0.5) is 17.1 Å². The Kier molecular flexibility index (Phi) is 6.60. The molecular weight excluding hydrogens is 685 g/mol. The van der Waals surface area contributed by atoms with Crippen molar-refractivity contribution >= 4 is 71.6 Å². The molecule has 4 heteroatoms. The molecule has 0 spiro atoms. The number of hydrogen-bond donors (Lipinski definition) is 0. The van der Waals surface area contributed by atoms with Crippen LogP contribution in [0.2, 0.25) is 0 Å². The zero-order chi connectivity index (χ0) is 36.7. The van der Waals surface area contributed by atoms with Crippen molar-refractivity contribution in [2.24, 2.45) is 0 Å². The van der Waals surface area contributed by atoms with E-state index < -0.39 is 0 Å². The topological polar surface area (TPSA) is 30.5 Å². The van der Waals surface area contributed by atoms with Gasteiger partial charge in [0.2, 0.25) is 0 Å². The molecule has 0 amide bonds. The van der Waals surface area contributed by atoms with Crippen LogP contribution in [0.3, 0.4) is 0 Å². The zero-order valence-electron chi connectivity index (χ0n) is 30.2. The average molecular weight is 717 g/mol. The van der Waals surface area contributed by atoms with Gasteiger partial charge in [-0.3, -0.25) is 0 Å². The average Bonchev–Trinajstić information content (AvgIpc) is 3.81. The summed E-state index contributed by atoms with van der Waals surface area (Å²) in [5, 5.41) is 7.11. The SMILES string of the molecule is c1ccc2c(c1)Oc1ccc(-c3ccc(N(c4ccc(-c5cccc6ccccc56)cc4)c4ccc5c(c4)oc4ccccc45)cc3)c3c4ccccc4n-2c13. The lowest BCUT2D eigenvalue weighted by atomic mass is 9.97. The summed E-state index contributed by atoms with van der Waals surface area (Å²) in [5.41, 5.74) is 12.9. The van der Waals surface area contributed by atoms with Crippen LogP contribution in [0, 0.1) is 0 Å². The van der Waals surface area contributed by atoms with Gasteiger partial charge >= 0.3 is 0 Å². The van der Waals surface area contributed by atoms with E-state index in [2.05, 4.69) is 179 Å². The van der Waals surface area contributed by atoms with Gasteiger partial charge in [-0.2, -0.15) is 0 Å². The summed E-state index contributed by atoms with van der Waals surface area (Å²) < 4.78 is 15.2. The van der Waals surface area contributed by atoms with E-state index in [-0.39, 0.29) is 0 Å². The first kappa shape index (κ1) is 30.9. The van der Waals surface area contributed by atoms with Crippen molar-refractivity contribution < 1.29 is 9.15 Å². The molecule has 56 heavy (non-hydrogen) atoms. The number of hydrogen-bond acceptors (Lipinski definition) is 3. The molecule has 0 aliphatic carbocycles. The second-order valence-corrected chi connectivity index (χ2v) is 14.5. The third kappa shape index (κ3) is 4.60. The summed E-state index contributed by atoms with van der Waals surface area (Å²) >= 11 is 0. The van der Waals surface area contributed by atoms with Crippen molar-refractivity contribution in [1.82, 2.24) is 4.57 Å². The molecule has 4 nitrogen and oxygen atoms in total. The molecule has 0 bridgehead atoms. The zero-order valence-corrected chi connectivity index (χ0v) is 30.2. The highest BCUT2D eigenvalue weighted by Crippen LogP contribution is 2.49. The second kappa shape index (κ2) is 12.0. The van der Waals surface area contributed by atoms with E-state index in [1.807, 2.05) is 24.3 Å². The smallest absolute Gasteiger partial charge is 0.152 e. The number of fused-ring (bicyclic) bond motifs is 9.